The van der Waals surface area contributed by atoms with Crippen LogP contribution in [0.4, 0.5) is 0 Å². The Balaban J connectivity index is 0.00000133. The summed E-state index contributed by atoms with van der Waals surface area (Å²) in [7, 11) is 0. The van der Waals surface area contributed by atoms with Crippen LogP contribution in [0.15, 0.2) is 30.3 Å². The number of nitrogens with one attached hydrogen (secondary N) is 1. The molecule has 1 aliphatic heterocycles. The molecule has 1 aliphatic carbocycles. The molecule has 1 aromatic carbocycles. The number of benzene rings is 1. The molecule has 2 atom stereocenters. The maximum absolute atomic E-state index is 12.0. The number of halogens is 1. The van der Waals surface area contributed by atoms with Crippen molar-refractivity contribution in [2.24, 2.45) is 5.73 Å². The minimum absolute atomic E-state index is 0. The number of hydrogen-bond donors (Lipinski definition) is 2. The molecule has 4 nitrogen and oxygen atoms in total. The Morgan fingerprint density at radius 2 is 2.00 bits per heavy atom. The minimum Gasteiger partial charge on any atom is -0.371 e. The van der Waals surface area contributed by atoms with Crippen LogP contribution >= 0.6 is 12.4 Å². The number of rotatable bonds is 3. The van der Waals surface area contributed by atoms with Gasteiger partial charge < -0.3 is 15.8 Å². The predicted molar refractivity (Wildman–Crippen MR) is 75.1 cm³/mol. The maximum atomic E-state index is 12.0. The lowest BCUT2D eigenvalue weighted by Crippen LogP contribution is -2.47. The zero-order valence-electron chi connectivity index (χ0n) is 10.7. The number of ether oxygens (including phenoxy) is 1. The highest BCUT2D eigenvalue weighted by atomic mass is 35.5. The fourth-order valence-corrected chi connectivity index (χ4v) is 2.38. The standard InChI is InChI=1S/C14H18N2O2.ClH/c15-14(7-8-14)13(17)16-11-6-9-18-12(11)10-4-2-1-3-5-10;/h1-5,11-12H,6-9,15H2,(H,16,17);1H. The van der Waals surface area contributed by atoms with Crippen LogP contribution in [0.3, 0.4) is 0 Å². The summed E-state index contributed by atoms with van der Waals surface area (Å²) in [6.07, 6.45) is 2.39. The molecule has 2 aliphatic rings. The summed E-state index contributed by atoms with van der Waals surface area (Å²) in [5.74, 6) is -0.0288. The molecule has 1 aromatic rings. The van der Waals surface area contributed by atoms with E-state index in [9.17, 15) is 4.79 Å². The average molecular weight is 283 g/mol. The summed E-state index contributed by atoms with van der Waals surface area (Å²) in [5, 5.41) is 3.04. The van der Waals surface area contributed by atoms with E-state index in [1.54, 1.807) is 0 Å². The summed E-state index contributed by atoms with van der Waals surface area (Å²) in [6, 6.07) is 10.1. The minimum atomic E-state index is -0.607. The van der Waals surface area contributed by atoms with Crippen LogP contribution in [-0.4, -0.2) is 24.1 Å². The van der Waals surface area contributed by atoms with Crippen molar-refractivity contribution in [1.29, 1.82) is 0 Å². The molecule has 2 unspecified atom stereocenters. The number of nitrogens with two attached hydrogens (primary N) is 1. The van der Waals surface area contributed by atoms with Crippen LogP contribution in [0.5, 0.6) is 0 Å². The van der Waals surface area contributed by atoms with Crippen LogP contribution in [0.2, 0.25) is 0 Å². The molecule has 3 N–H and O–H groups in total. The van der Waals surface area contributed by atoms with Crippen LogP contribution in [0, 0.1) is 0 Å². The normalized spacial score (nSPS) is 27.4. The highest BCUT2D eigenvalue weighted by molar-refractivity contribution is 5.89. The summed E-state index contributed by atoms with van der Waals surface area (Å²) in [6.45, 7) is 0.683. The molecule has 0 radical (unpaired) electrons. The molecule has 0 bridgehead atoms. The van der Waals surface area contributed by atoms with E-state index in [1.165, 1.54) is 0 Å². The molecule has 19 heavy (non-hydrogen) atoms. The SMILES string of the molecule is Cl.NC1(C(=O)NC2CCOC2c2ccccc2)CC1. The third kappa shape index (κ3) is 2.91. The first-order chi connectivity index (χ1) is 8.69. The number of amides is 1. The Kier molecular flexibility index (Phi) is 4.13. The fraction of sp³-hybridized carbons (Fsp3) is 0.500. The second-order valence-corrected chi connectivity index (χ2v) is 5.23. The fourth-order valence-electron chi connectivity index (χ4n) is 2.38. The Morgan fingerprint density at radius 1 is 1.32 bits per heavy atom. The first kappa shape index (κ1) is 14.3. The summed E-state index contributed by atoms with van der Waals surface area (Å²) in [5.41, 5.74) is 6.41. The van der Waals surface area contributed by atoms with Gasteiger partial charge in [-0.05, 0) is 24.8 Å². The van der Waals surface area contributed by atoms with E-state index in [4.69, 9.17) is 10.5 Å². The second-order valence-electron chi connectivity index (χ2n) is 5.23. The Labute approximate surface area is 119 Å². The highest BCUT2D eigenvalue weighted by Crippen LogP contribution is 2.34. The Hall–Kier alpha value is -1.10. The third-order valence-corrected chi connectivity index (χ3v) is 3.78. The van der Waals surface area contributed by atoms with Crippen LogP contribution in [-0.2, 0) is 9.53 Å². The molecule has 3 rings (SSSR count). The second kappa shape index (κ2) is 5.49. The van der Waals surface area contributed by atoms with E-state index in [-0.39, 0.29) is 30.5 Å². The van der Waals surface area contributed by atoms with E-state index in [1.807, 2.05) is 30.3 Å². The van der Waals surface area contributed by atoms with Crippen molar-refractivity contribution in [3.8, 4) is 0 Å². The topological polar surface area (TPSA) is 64.4 Å². The molecule has 0 spiro atoms. The molecule has 1 heterocycles. The molecule has 0 aromatic heterocycles. The van der Waals surface area contributed by atoms with Gasteiger partial charge in [0, 0.05) is 6.61 Å². The smallest absolute Gasteiger partial charge is 0.240 e. The van der Waals surface area contributed by atoms with Crippen molar-refractivity contribution >= 4 is 18.3 Å². The van der Waals surface area contributed by atoms with Gasteiger partial charge >= 0.3 is 0 Å². The quantitative estimate of drug-likeness (QED) is 0.884. The van der Waals surface area contributed by atoms with Gasteiger partial charge in [-0.2, -0.15) is 0 Å². The number of hydrogen-bond acceptors (Lipinski definition) is 3. The molecular weight excluding hydrogens is 264 g/mol. The van der Waals surface area contributed by atoms with Crippen molar-refractivity contribution in [3.05, 3.63) is 35.9 Å². The summed E-state index contributed by atoms with van der Waals surface area (Å²) in [4.78, 5) is 12.0. The van der Waals surface area contributed by atoms with Crippen molar-refractivity contribution < 1.29 is 9.53 Å². The molecule has 5 heteroatoms. The zero-order valence-corrected chi connectivity index (χ0v) is 11.5. The van der Waals surface area contributed by atoms with Gasteiger partial charge in [-0.15, -0.1) is 12.4 Å². The van der Waals surface area contributed by atoms with Gasteiger partial charge in [0.1, 0.15) is 6.10 Å². The van der Waals surface area contributed by atoms with Crippen LogP contribution in [0.1, 0.15) is 30.9 Å². The number of carbonyl (C=O) groups excluding carboxylic acids is 1. The molecule has 1 amide bonds. The lowest BCUT2D eigenvalue weighted by atomic mass is 10.0. The highest BCUT2D eigenvalue weighted by Gasteiger charge is 2.47. The van der Waals surface area contributed by atoms with Crippen LogP contribution < -0.4 is 11.1 Å². The molecule has 2 fully saturated rings. The van der Waals surface area contributed by atoms with Gasteiger partial charge in [-0.3, -0.25) is 4.79 Å². The largest absolute Gasteiger partial charge is 0.371 e. The van der Waals surface area contributed by atoms with Crippen molar-refractivity contribution in [3.63, 3.8) is 0 Å². The molecule has 104 valence electrons. The first-order valence-electron chi connectivity index (χ1n) is 6.45. The third-order valence-electron chi connectivity index (χ3n) is 3.78. The van der Waals surface area contributed by atoms with E-state index in [2.05, 4.69) is 5.32 Å². The lowest BCUT2D eigenvalue weighted by molar-refractivity contribution is -0.124. The number of carbonyl (C=O) groups is 1. The maximum Gasteiger partial charge on any atom is 0.240 e. The van der Waals surface area contributed by atoms with Gasteiger partial charge in [0.05, 0.1) is 11.6 Å². The molecule has 1 saturated heterocycles. The molecule has 1 saturated carbocycles. The van der Waals surface area contributed by atoms with E-state index < -0.39 is 5.54 Å². The van der Waals surface area contributed by atoms with Gasteiger partial charge in [-0.1, -0.05) is 30.3 Å². The summed E-state index contributed by atoms with van der Waals surface area (Å²) >= 11 is 0. The van der Waals surface area contributed by atoms with E-state index in [0.29, 0.717) is 6.61 Å². The van der Waals surface area contributed by atoms with Crippen molar-refractivity contribution in [2.45, 2.75) is 36.9 Å². The monoisotopic (exact) mass is 282 g/mol. The first-order valence-corrected chi connectivity index (χ1v) is 6.45. The lowest BCUT2D eigenvalue weighted by Gasteiger charge is -2.22. The van der Waals surface area contributed by atoms with Gasteiger partial charge in [-0.25, -0.2) is 0 Å². The molecular formula is C14H19ClN2O2. The Bertz CT molecular complexity index is 448. The van der Waals surface area contributed by atoms with E-state index >= 15 is 0 Å². The predicted octanol–water partition coefficient (Wildman–Crippen LogP) is 1.55. The zero-order chi connectivity index (χ0) is 12.6. The van der Waals surface area contributed by atoms with Crippen LogP contribution in [0.25, 0.3) is 0 Å². The van der Waals surface area contributed by atoms with Crippen molar-refractivity contribution in [1.82, 2.24) is 5.32 Å². The van der Waals surface area contributed by atoms with Crippen molar-refractivity contribution in [2.75, 3.05) is 6.61 Å². The average Bonchev–Trinajstić information content (AvgIpc) is 2.99. The van der Waals surface area contributed by atoms with Gasteiger partial charge in [0.2, 0.25) is 5.91 Å². The summed E-state index contributed by atoms with van der Waals surface area (Å²) < 4.78 is 5.73. The van der Waals surface area contributed by atoms with E-state index in [0.717, 1.165) is 24.8 Å². The van der Waals surface area contributed by atoms with Gasteiger partial charge in [0.25, 0.3) is 0 Å². The Morgan fingerprint density at radius 3 is 2.63 bits per heavy atom. The van der Waals surface area contributed by atoms with Gasteiger partial charge in [0.15, 0.2) is 0 Å².